The highest BCUT2D eigenvalue weighted by atomic mass is 14.2. The van der Waals surface area contributed by atoms with Crippen molar-refractivity contribution in [1.29, 1.82) is 0 Å². The van der Waals surface area contributed by atoms with Crippen LogP contribution in [0.4, 0.5) is 0 Å². The normalized spacial score (nSPS) is 27.5. The first-order chi connectivity index (χ1) is 3.72. The molecule has 0 aromatic heterocycles. The van der Waals surface area contributed by atoms with Crippen molar-refractivity contribution in [3.8, 4) is 0 Å². The van der Waals surface area contributed by atoms with Gasteiger partial charge in [-0.05, 0) is 25.2 Å². The fourth-order valence-electron chi connectivity index (χ4n) is 1.29. The summed E-state index contributed by atoms with van der Waals surface area (Å²) in [5.41, 5.74) is 1.60. The second kappa shape index (κ2) is 1.93. The van der Waals surface area contributed by atoms with Crippen LogP contribution in [0.3, 0.4) is 0 Å². The minimum absolute atomic E-state index is 0.861. The number of rotatable bonds is 1. The van der Waals surface area contributed by atoms with E-state index in [-0.39, 0.29) is 0 Å². The Kier molecular flexibility index (Phi) is 1.41. The van der Waals surface area contributed by atoms with Crippen LogP contribution >= 0.6 is 0 Å². The summed E-state index contributed by atoms with van der Waals surface area (Å²) in [5, 5.41) is 0. The van der Waals surface area contributed by atoms with E-state index in [0.29, 0.717) is 0 Å². The van der Waals surface area contributed by atoms with Crippen molar-refractivity contribution in [1.82, 2.24) is 0 Å². The molecule has 0 spiro atoms. The van der Waals surface area contributed by atoms with Crippen LogP contribution in [0, 0.1) is 11.8 Å². The highest BCUT2D eigenvalue weighted by Gasteiger charge is 2.19. The van der Waals surface area contributed by atoms with Crippen LogP contribution in [-0.4, -0.2) is 0 Å². The molecule has 0 heteroatoms. The van der Waals surface area contributed by atoms with Crippen molar-refractivity contribution < 1.29 is 0 Å². The molecule has 0 aliphatic heterocycles. The molecule has 1 rings (SSSR count). The zero-order valence-electron chi connectivity index (χ0n) is 5.94. The van der Waals surface area contributed by atoms with Crippen molar-refractivity contribution in [3.05, 3.63) is 11.6 Å². The second-order valence-corrected chi connectivity index (χ2v) is 3.03. The zero-order chi connectivity index (χ0) is 6.15. The van der Waals surface area contributed by atoms with Gasteiger partial charge in [-0.1, -0.05) is 25.5 Å². The molecule has 0 fully saturated rings. The summed E-state index contributed by atoms with van der Waals surface area (Å²) in [4.78, 5) is 0. The molecule has 0 N–H and O–H groups in total. The van der Waals surface area contributed by atoms with Gasteiger partial charge < -0.3 is 0 Å². The molecule has 1 aliphatic carbocycles. The van der Waals surface area contributed by atoms with Crippen LogP contribution in [0.1, 0.15) is 27.2 Å². The summed E-state index contributed by atoms with van der Waals surface area (Å²) in [6.45, 7) is 6.82. The average Bonchev–Trinajstić information content (AvgIpc) is 1.61. The van der Waals surface area contributed by atoms with Crippen LogP contribution < -0.4 is 0 Å². The molecule has 46 valence electrons. The number of hydrogen-bond acceptors (Lipinski definition) is 0. The molecule has 8 heavy (non-hydrogen) atoms. The number of allylic oxidation sites excluding steroid dienone is 2. The molecule has 0 aromatic rings. The summed E-state index contributed by atoms with van der Waals surface area (Å²) in [6, 6.07) is 0. The van der Waals surface area contributed by atoms with Crippen molar-refractivity contribution in [2.75, 3.05) is 0 Å². The van der Waals surface area contributed by atoms with E-state index in [2.05, 4.69) is 26.8 Å². The Bertz CT molecular complexity index is 109. The van der Waals surface area contributed by atoms with Gasteiger partial charge in [-0.2, -0.15) is 0 Å². The molecule has 0 heterocycles. The highest BCUT2D eigenvalue weighted by molar-refractivity contribution is 5.15. The summed E-state index contributed by atoms with van der Waals surface area (Å²) in [6.07, 6.45) is 3.65. The van der Waals surface area contributed by atoms with Crippen LogP contribution in [0.15, 0.2) is 11.6 Å². The first-order valence-electron chi connectivity index (χ1n) is 3.38. The third-order valence-electron chi connectivity index (χ3n) is 2.08. The lowest BCUT2D eigenvalue weighted by atomic mass is 9.78. The summed E-state index contributed by atoms with van der Waals surface area (Å²) in [7, 11) is 0. The molecular formula is C8H14. The van der Waals surface area contributed by atoms with E-state index in [1.165, 1.54) is 6.42 Å². The molecule has 0 nitrogen and oxygen atoms in total. The predicted octanol–water partition coefficient (Wildman–Crippen LogP) is 2.61. The van der Waals surface area contributed by atoms with Crippen molar-refractivity contribution in [2.45, 2.75) is 27.2 Å². The monoisotopic (exact) mass is 110 g/mol. The quantitative estimate of drug-likeness (QED) is 0.455. The second-order valence-electron chi connectivity index (χ2n) is 3.03. The van der Waals surface area contributed by atoms with E-state index in [4.69, 9.17) is 0 Å². The van der Waals surface area contributed by atoms with E-state index in [1.807, 2.05) is 0 Å². The van der Waals surface area contributed by atoms with Crippen LogP contribution in [0.5, 0.6) is 0 Å². The molecule has 1 unspecified atom stereocenters. The Morgan fingerprint density at radius 3 is 2.25 bits per heavy atom. The maximum atomic E-state index is 2.32. The van der Waals surface area contributed by atoms with E-state index < -0.39 is 0 Å². The third-order valence-corrected chi connectivity index (χ3v) is 2.08. The zero-order valence-corrected chi connectivity index (χ0v) is 5.94. The van der Waals surface area contributed by atoms with Gasteiger partial charge in [0.05, 0.1) is 0 Å². The van der Waals surface area contributed by atoms with Gasteiger partial charge in [0.15, 0.2) is 0 Å². The Hall–Kier alpha value is -0.260. The molecule has 1 aliphatic rings. The standard InChI is InChI=1S/C8H14/c1-6(2)8-5-4-7(8)3/h4,6,8H,5H2,1-3H3. The molecule has 0 amide bonds. The lowest BCUT2D eigenvalue weighted by Gasteiger charge is -2.27. The largest absolute Gasteiger partial charge is 0.0847 e. The topological polar surface area (TPSA) is 0 Å². The Morgan fingerprint density at radius 2 is 2.25 bits per heavy atom. The van der Waals surface area contributed by atoms with Crippen molar-refractivity contribution in [3.63, 3.8) is 0 Å². The summed E-state index contributed by atoms with van der Waals surface area (Å²) in [5.74, 6) is 1.77. The van der Waals surface area contributed by atoms with Crippen molar-refractivity contribution >= 4 is 0 Å². The predicted molar refractivity (Wildman–Crippen MR) is 36.7 cm³/mol. The van der Waals surface area contributed by atoms with E-state index in [9.17, 15) is 0 Å². The molecule has 0 saturated heterocycles. The summed E-state index contributed by atoms with van der Waals surface area (Å²) >= 11 is 0. The third kappa shape index (κ3) is 0.795. The minimum Gasteiger partial charge on any atom is -0.0847 e. The molecule has 0 radical (unpaired) electrons. The molecule has 0 aromatic carbocycles. The van der Waals surface area contributed by atoms with E-state index in [1.54, 1.807) is 5.57 Å². The SMILES string of the molecule is CC1=CCC1C(C)C. The van der Waals surface area contributed by atoms with Gasteiger partial charge in [-0.3, -0.25) is 0 Å². The number of hydrogen-bond donors (Lipinski definition) is 0. The minimum atomic E-state index is 0.861. The van der Waals surface area contributed by atoms with Gasteiger partial charge in [0.1, 0.15) is 0 Å². The Balaban J connectivity index is 2.43. The molecular weight excluding hydrogens is 96.1 g/mol. The van der Waals surface area contributed by atoms with Crippen molar-refractivity contribution in [2.24, 2.45) is 11.8 Å². The average molecular weight is 110 g/mol. The van der Waals surface area contributed by atoms with Crippen LogP contribution in [0.25, 0.3) is 0 Å². The molecule has 0 saturated carbocycles. The lowest BCUT2D eigenvalue weighted by molar-refractivity contribution is 0.411. The van der Waals surface area contributed by atoms with E-state index >= 15 is 0 Å². The molecule has 0 bridgehead atoms. The fraction of sp³-hybridized carbons (Fsp3) is 0.750. The van der Waals surface area contributed by atoms with Gasteiger partial charge in [0.2, 0.25) is 0 Å². The lowest BCUT2D eigenvalue weighted by Crippen LogP contribution is -2.15. The Labute approximate surface area is 51.6 Å². The molecule has 1 atom stereocenters. The van der Waals surface area contributed by atoms with Crippen LogP contribution in [0.2, 0.25) is 0 Å². The first kappa shape index (κ1) is 5.87. The fourth-order valence-corrected chi connectivity index (χ4v) is 1.29. The highest BCUT2D eigenvalue weighted by Crippen LogP contribution is 2.32. The van der Waals surface area contributed by atoms with Crippen LogP contribution in [-0.2, 0) is 0 Å². The van der Waals surface area contributed by atoms with Gasteiger partial charge >= 0.3 is 0 Å². The smallest absolute Gasteiger partial charge is 0.0148 e. The summed E-state index contributed by atoms with van der Waals surface area (Å²) < 4.78 is 0. The van der Waals surface area contributed by atoms with Gasteiger partial charge in [-0.15, -0.1) is 0 Å². The Morgan fingerprint density at radius 1 is 1.62 bits per heavy atom. The maximum absolute atomic E-state index is 2.32. The first-order valence-corrected chi connectivity index (χ1v) is 3.38. The van der Waals surface area contributed by atoms with Gasteiger partial charge in [0, 0.05) is 0 Å². The van der Waals surface area contributed by atoms with Gasteiger partial charge in [-0.25, -0.2) is 0 Å². The van der Waals surface area contributed by atoms with Gasteiger partial charge in [0.25, 0.3) is 0 Å². The maximum Gasteiger partial charge on any atom is -0.0148 e. The van der Waals surface area contributed by atoms with E-state index in [0.717, 1.165) is 11.8 Å².